The topological polar surface area (TPSA) is 56.4 Å². The largest absolute Gasteiger partial charge is 0.660 e. The van der Waals surface area contributed by atoms with Gasteiger partial charge in [-0.15, -0.1) is 49.7 Å². The fraction of sp³-hybridized carbons (Fsp3) is 0.760. The quantitative estimate of drug-likeness (QED) is 0.200. The molecular weight excluding hydrogens is 963 g/mol. The van der Waals surface area contributed by atoms with Gasteiger partial charge < -0.3 is 21.3 Å². The summed E-state index contributed by atoms with van der Waals surface area (Å²) in [5.74, 6) is 1.41. The molecule has 8 unspecified atom stereocenters. The first kappa shape index (κ1) is 53.9. The van der Waals surface area contributed by atoms with Crippen LogP contribution >= 0.6 is 0 Å². The molecule has 349 valence electrons. The van der Waals surface area contributed by atoms with E-state index in [1.165, 1.54) is 48.7 Å². The van der Waals surface area contributed by atoms with Crippen molar-refractivity contribution >= 4 is 0 Å². The molecule has 11 heteroatoms. The van der Waals surface area contributed by atoms with E-state index in [2.05, 4.69) is 142 Å². The summed E-state index contributed by atoms with van der Waals surface area (Å²) >= 11 is 0. The molecule has 0 spiro atoms. The number of hydrogen-bond acceptors (Lipinski definition) is 0. The maximum absolute atomic E-state index is 12.5. The van der Waals surface area contributed by atoms with Crippen molar-refractivity contribution in [1.82, 2.24) is 0 Å². The first-order valence-electron chi connectivity index (χ1n) is 22.4. The third-order valence-electron chi connectivity index (χ3n) is 13.4. The zero-order valence-corrected chi connectivity index (χ0v) is 41.4. The number of rotatable bonds is 3. The predicted octanol–water partition coefficient (Wildman–Crippen LogP) is 15.3. The molecule has 0 aromatic rings. The monoisotopic (exact) mass is 1040 g/mol. The average Bonchev–Trinajstić information content (AvgIpc) is 3.17. The number of halogens is 6. The van der Waals surface area contributed by atoms with Gasteiger partial charge in [0.05, 0.1) is 0 Å². The smallest absolute Gasteiger partial charge is 0.390 e. The molecule has 4 aliphatic heterocycles. The molecule has 8 atom stereocenters. The van der Waals surface area contributed by atoms with E-state index < -0.39 is 24.2 Å². The van der Waals surface area contributed by atoms with Crippen LogP contribution in [0.2, 0.25) is 0 Å². The van der Waals surface area contributed by atoms with Crippen LogP contribution in [0.1, 0.15) is 134 Å². The van der Waals surface area contributed by atoms with E-state index in [1.807, 2.05) is 0 Å². The molecule has 0 aromatic heterocycles. The Kier molecular flexibility index (Phi) is 19.2. The third-order valence-corrected chi connectivity index (χ3v) is 13.4. The summed E-state index contributed by atoms with van der Waals surface area (Å²) in [4.78, 5) is 0. The number of hydrogen-bond donors (Lipinski definition) is 0. The summed E-state index contributed by atoms with van der Waals surface area (Å²) in [5.41, 5.74) is 10.7. The van der Waals surface area contributed by atoms with Gasteiger partial charge in [-0.2, -0.15) is 38.4 Å². The molecule has 6 aliphatic rings. The fourth-order valence-corrected chi connectivity index (χ4v) is 8.74. The zero-order valence-electron chi connectivity index (χ0n) is 39.0. The Morgan fingerprint density at radius 1 is 0.459 bits per heavy atom. The van der Waals surface area contributed by atoms with E-state index >= 15 is 0 Å². The molecule has 6 rings (SSSR count). The molecule has 0 amide bonds. The molecule has 4 heterocycles. The van der Waals surface area contributed by atoms with Gasteiger partial charge in [-0.25, -0.2) is 0 Å². The van der Waals surface area contributed by atoms with Crippen LogP contribution < -0.4 is 0 Å². The minimum absolute atomic E-state index is 0. The third kappa shape index (κ3) is 16.5. The second-order valence-corrected chi connectivity index (χ2v) is 22.1. The van der Waals surface area contributed by atoms with Crippen molar-refractivity contribution in [3.05, 3.63) is 92.2 Å². The van der Waals surface area contributed by atoms with Crippen LogP contribution in [0.5, 0.6) is 0 Å². The molecule has 0 aromatic carbocycles. The van der Waals surface area contributed by atoms with Crippen LogP contribution in [0.25, 0.3) is 21.3 Å². The van der Waals surface area contributed by atoms with E-state index in [0.717, 1.165) is 24.9 Å². The van der Waals surface area contributed by atoms with Gasteiger partial charge in [-0.3, -0.25) is 0 Å². The van der Waals surface area contributed by atoms with E-state index in [9.17, 15) is 26.3 Å². The first-order valence-corrected chi connectivity index (χ1v) is 22.4. The van der Waals surface area contributed by atoms with Crippen LogP contribution in [-0.2, 0) is 20.1 Å². The van der Waals surface area contributed by atoms with Gasteiger partial charge in [0.1, 0.15) is 0 Å². The zero-order chi connectivity index (χ0) is 44.9. The molecule has 3 radical (unpaired) electrons. The minimum Gasteiger partial charge on any atom is -0.660 e. The van der Waals surface area contributed by atoms with Gasteiger partial charge in [-0.1, -0.05) is 146 Å². The van der Waals surface area contributed by atoms with Gasteiger partial charge >= 0.3 is 12.4 Å². The fourth-order valence-electron chi connectivity index (χ4n) is 8.74. The summed E-state index contributed by atoms with van der Waals surface area (Å²) in [6.45, 7) is 29.0. The number of nitrogens with zero attached hydrogens (tertiary/aromatic N) is 4. The summed E-state index contributed by atoms with van der Waals surface area (Å²) in [6, 6.07) is 0.00885. The van der Waals surface area contributed by atoms with Crippen LogP contribution in [0, 0.1) is 57.2 Å². The molecule has 0 bridgehead atoms. The van der Waals surface area contributed by atoms with Crippen molar-refractivity contribution in [2.45, 2.75) is 171 Å². The van der Waals surface area contributed by atoms with Crippen LogP contribution in [0.4, 0.5) is 26.3 Å². The van der Waals surface area contributed by atoms with Gasteiger partial charge in [-0.05, 0) is 69.6 Å². The van der Waals surface area contributed by atoms with E-state index in [4.69, 9.17) is 10.6 Å². The van der Waals surface area contributed by atoms with Crippen molar-refractivity contribution < 1.29 is 46.4 Å². The van der Waals surface area contributed by atoms with E-state index in [-0.39, 0.29) is 81.8 Å². The van der Waals surface area contributed by atoms with Gasteiger partial charge in [0.25, 0.3) is 0 Å². The van der Waals surface area contributed by atoms with E-state index in [0.29, 0.717) is 22.9 Å². The summed E-state index contributed by atoms with van der Waals surface area (Å²) in [6.07, 6.45) is 10.1. The molecule has 4 fully saturated rings. The Morgan fingerprint density at radius 3 is 1.03 bits per heavy atom. The second kappa shape index (κ2) is 21.7. The Hall–Kier alpha value is -1.41. The maximum atomic E-state index is 12.5. The average molecular weight is 1040 g/mol. The number of alkyl halides is 6. The predicted molar refractivity (Wildman–Crippen MR) is 237 cm³/mol. The maximum Gasteiger partial charge on any atom is 0.390 e. The molecule has 4 nitrogen and oxygen atoms in total. The van der Waals surface area contributed by atoms with Crippen molar-refractivity contribution in [2.75, 3.05) is 26.2 Å². The van der Waals surface area contributed by atoms with Crippen molar-refractivity contribution in [2.24, 2.45) is 45.3 Å². The SMILES string of the molecule is CC(C)(C)[C]1C=C=C(C2CC(C(C)(C)C)CC[N-]2)C=C1.CC(C)(C)[C]1C=C=C(C2CC(C(C)(C)C)CC[N-]2)C=C1.FC(F)(F)C1CCC(C2CCC(C(F)(F)F)C[N-]2)[N-]C1.[Ir]. The van der Waals surface area contributed by atoms with Gasteiger partial charge in [0.2, 0.25) is 0 Å². The van der Waals surface area contributed by atoms with Gasteiger partial charge in [0, 0.05) is 43.8 Å². The second-order valence-electron chi connectivity index (χ2n) is 22.1. The van der Waals surface area contributed by atoms with Crippen LogP contribution in [0.3, 0.4) is 0 Å². The van der Waals surface area contributed by atoms with Crippen LogP contribution in [-0.4, -0.2) is 62.7 Å². The molecule has 0 N–H and O–H groups in total. The van der Waals surface area contributed by atoms with Crippen molar-refractivity contribution in [3.8, 4) is 0 Å². The van der Waals surface area contributed by atoms with Gasteiger partial charge in [0.15, 0.2) is 0 Å². The molecular formula is C50H74F6IrN4-4. The standard InChI is InChI=1S/2C19H29N.C12H16F6N2.Ir/c2*1-18(2,3)15-9-7-14(8-10-15)17-13-16(11-12-20-17)19(4,5)6;13-11(14,15)7-1-3-9(19-5-7)10-4-2-8(6-20-10)12(16,17)18;/h2*7,9-10,16-17H,11-13H2,1-6H3;7-10H,1-6H2;/q2*-1;-2;. The minimum atomic E-state index is -4.24. The van der Waals surface area contributed by atoms with Crippen molar-refractivity contribution in [3.63, 3.8) is 0 Å². The molecule has 2 aliphatic carbocycles. The van der Waals surface area contributed by atoms with Crippen molar-refractivity contribution in [1.29, 1.82) is 0 Å². The summed E-state index contributed by atoms with van der Waals surface area (Å²) in [5, 5.41) is 17.6. The number of piperidine rings is 4. The summed E-state index contributed by atoms with van der Waals surface area (Å²) in [7, 11) is 0. The van der Waals surface area contributed by atoms with E-state index in [1.54, 1.807) is 0 Å². The summed E-state index contributed by atoms with van der Waals surface area (Å²) < 4.78 is 74.9. The number of allylic oxidation sites excluding steroid dienone is 2. The normalized spacial score (nSPS) is 30.9. The Balaban J connectivity index is 0.000000242. The Bertz CT molecular complexity index is 1450. The molecule has 61 heavy (non-hydrogen) atoms. The first-order chi connectivity index (χ1) is 27.5. The Labute approximate surface area is 379 Å². The molecule has 0 saturated carbocycles. The molecule has 4 saturated heterocycles. The van der Waals surface area contributed by atoms with Crippen LogP contribution in [0.15, 0.2) is 59.1 Å². The Morgan fingerprint density at radius 2 is 0.803 bits per heavy atom.